The number of carbonyl (C=O) groups excluding carboxylic acids is 1. The van der Waals surface area contributed by atoms with E-state index in [1.165, 1.54) is 5.56 Å². The van der Waals surface area contributed by atoms with E-state index in [4.69, 9.17) is 9.47 Å². The summed E-state index contributed by atoms with van der Waals surface area (Å²) in [6, 6.07) is 10.3. The van der Waals surface area contributed by atoms with E-state index in [2.05, 4.69) is 19.1 Å². The maximum atomic E-state index is 11.9. The Kier molecular flexibility index (Phi) is 1.65. The number of ether oxygens (including phenoxy) is 2. The van der Waals surface area contributed by atoms with Crippen molar-refractivity contribution in [3.8, 4) is 0 Å². The summed E-state index contributed by atoms with van der Waals surface area (Å²) >= 11 is 0. The fourth-order valence-electron chi connectivity index (χ4n) is 3.93. The van der Waals surface area contributed by atoms with Crippen LogP contribution in [0.25, 0.3) is 0 Å². The van der Waals surface area contributed by atoms with Crippen LogP contribution in [0.15, 0.2) is 30.3 Å². The molecule has 0 amide bonds. The van der Waals surface area contributed by atoms with Gasteiger partial charge < -0.3 is 9.47 Å². The number of benzene rings is 1. The van der Waals surface area contributed by atoms with Crippen molar-refractivity contribution in [2.24, 2.45) is 17.3 Å². The highest BCUT2D eigenvalue weighted by Gasteiger charge is 2.74. The van der Waals surface area contributed by atoms with Crippen LogP contribution in [-0.4, -0.2) is 18.9 Å². The summed E-state index contributed by atoms with van der Waals surface area (Å²) in [7, 11) is 0. The highest BCUT2D eigenvalue weighted by Crippen LogP contribution is 2.69. The topological polar surface area (TPSA) is 35.5 Å². The summed E-state index contributed by atoms with van der Waals surface area (Å²) in [4.78, 5) is 11.9. The van der Waals surface area contributed by atoms with Crippen LogP contribution in [0.5, 0.6) is 0 Å². The van der Waals surface area contributed by atoms with Gasteiger partial charge in [-0.3, -0.25) is 4.79 Å². The lowest BCUT2D eigenvalue weighted by Gasteiger charge is -2.50. The molecule has 0 bridgehead atoms. The molecule has 1 unspecified atom stereocenters. The van der Waals surface area contributed by atoms with Crippen molar-refractivity contribution in [2.45, 2.75) is 19.1 Å². The predicted molar refractivity (Wildman–Crippen MR) is 60.1 cm³/mol. The smallest absolute Gasteiger partial charge is 0.312 e. The van der Waals surface area contributed by atoms with Crippen LogP contribution in [0.3, 0.4) is 0 Å². The van der Waals surface area contributed by atoms with Crippen molar-refractivity contribution < 1.29 is 14.3 Å². The van der Waals surface area contributed by atoms with E-state index < -0.39 is 0 Å². The molecule has 0 N–H and O–H groups in total. The number of hydrogen-bond acceptors (Lipinski definition) is 3. The van der Waals surface area contributed by atoms with Gasteiger partial charge in [0.15, 0.2) is 0 Å². The number of esters is 1. The number of rotatable bonds is 1. The van der Waals surface area contributed by atoms with Gasteiger partial charge in [-0.15, -0.1) is 0 Å². The summed E-state index contributed by atoms with van der Waals surface area (Å²) in [5.41, 5.74) is 1.15. The first-order valence-corrected chi connectivity index (χ1v) is 6.10. The van der Waals surface area contributed by atoms with E-state index in [-0.39, 0.29) is 29.5 Å². The molecule has 2 heterocycles. The normalized spacial score (nSPS) is 46.3. The largest absolute Gasteiger partial charge is 0.435 e. The molecule has 0 radical (unpaired) electrons. The van der Waals surface area contributed by atoms with Gasteiger partial charge in [-0.05, 0) is 5.56 Å². The molecule has 0 spiro atoms. The Hall–Kier alpha value is -1.35. The fraction of sp³-hybridized carbons (Fsp3) is 0.500. The van der Waals surface area contributed by atoms with Crippen molar-refractivity contribution in [1.82, 2.24) is 0 Å². The standard InChI is InChI=1S/C14H14O3/c1-14-9-7-16-13(14)17-12(15)11(14)10(9)8-5-3-2-4-6-8/h2-6,9-11,13H,7H2,1H3/t9-,10-,11-,13?,14-/m0/s1. The van der Waals surface area contributed by atoms with Crippen molar-refractivity contribution in [2.75, 3.05) is 6.61 Å². The molecule has 3 aliphatic rings. The second-order valence-electron chi connectivity index (χ2n) is 5.49. The Morgan fingerprint density at radius 1 is 1.29 bits per heavy atom. The maximum Gasteiger partial charge on any atom is 0.312 e. The van der Waals surface area contributed by atoms with E-state index in [1.807, 2.05) is 18.2 Å². The van der Waals surface area contributed by atoms with Crippen LogP contribution in [0, 0.1) is 17.3 Å². The molecule has 3 nitrogen and oxygen atoms in total. The van der Waals surface area contributed by atoms with Gasteiger partial charge in [-0.25, -0.2) is 0 Å². The summed E-state index contributed by atoms with van der Waals surface area (Å²) in [6.45, 7) is 2.84. The molecule has 1 aliphatic carbocycles. The van der Waals surface area contributed by atoms with Gasteiger partial charge in [0.1, 0.15) is 0 Å². The van der Waals surface area contributed by atoms with E-state index >= 15 is 0 Å². The number of carbonyl (C=O) groups is 1. The quantitative estimate of drug-likeness (QED) is 0.692. The van der Waals surface area contributed by atoms with Gasteiger partial charge in [0.2, 0.25) is 6.29 Å². The molecule has 88 valence electrons. The lowest BCUT2D eigenvalue weighted by molar-refractivity contribution is -0.162. The molecule has 4 rings (SSSR count). The Morgan fingerprint density at radius 2 is 2.06 bits per heavy atom. The zero-order valence-electron chi connectivity index (χ0n) is 9.63. The lowest BCUT2D eigenvalue weighted by atomic mass is 9.48. The minimum atomic E-state index is -0.301. The summed E-state index contributed by atoms with van der Waals surface area (Å²) in [6.07, 6.45) is -0.301. The SMILES string of the molecule is C[C@]12C3OC[C@H]1[C@H](c1ccccc1)[C@H]2C(=O)O3. The third-order valence-electron chi connectivity index (χ3n) is 4.86. The molecule has 3 heteroatoms. The third-order valence-corrected chi connectivity index (χ3v) is 4.86. The molecule has 0 aromatic heterocycles. The van der Waals surface area contributed by atoms with Gasteiger partial charge in [-0.1, -0.05) is 37.3 Å². The molecule has 2 saturated heterocycles. The van der Waals surface area contributed by atoms with Crippen LogP contribution >= 0.6 is 0 Å². The van der Waals surface area contributed by atoms with E-state index in [1.54, 1.807) is 0 Å². The molecular weight excluding hydrogens is 216 g/mol. The first-order chi connectivity index (χ1) is 8.23. The van der Waals surface area contributed by atoms with Crippen molar-refractivity contribution >= 4 is 5.97 Å². The Morgan fingerprint density at radius 3 is 2.82 bits per heavy atom. The number of hydrogen-bond donors (Lipinski definition) is 0. The zero-order chi connectivity index (χ0) is 11.6. The van der Waals surface area contributed by atoms with E-state index in [0.717, 1.165) is 0 Å². The molecule has 1 saturated carbocycles. The van der Waals surface area contributed by atoms with Gasteiger partial charge in [0, 0.05) is 17.3 Å². The average Bonchev–Trinajstić information content (AvgIpc) is 2.66. The second-order valence-corrected chi connectivity index (χ2v) is 5.49. The summed E-state index contributed by atoms with van der Waals surface area (Å²) in [5, 5.41) is 0. The molecule has 17 heavy (non-hydrogen) atoms. The maximum absolute atomic E-state index is 11.9. The van der Waals surface area contributed by atoms with Crippen LogP contribution < -0.4 is 0 Å². The van der Waals surface area contributed by atoms with Crippen LogP contribution in [-0.2, 0) is 14.3 Å². The van der Waals surface area contributed by atoms with Gasteiger partial charge >= 0.3 is 5.97 Å². The van der Waals surface area contributed by atoms with Crippen molar-refractivity contribution in [3.63, 3.8) is 0 Å². The van der Waals surface area contributed by atoms with Crippen molar-refractivity contribution in [1.29, 1.82) is 0 Å². The molecule has 1 aromatic carbocycles. The first-order valence-electron chi connectivity index (χ1n) is 6.10. The monoisotopic (exact) mass is 230 g/mol. The molecular formula is C14H14O3. The molecule has 1 aromatic rings. The van der Waals surface area contributed by atoms with E-state index in [9.17, 15) is 4.79 Å². The highest BCUT2D eigenvalue weighted by atomic mass is 16.7. The average molecular weight is 230 g/mol. The van der Waals surface area contributed by atoms with Crippen LogP contribution in [0.2, 0.25) is 0 Å². The molecule has 2 aliphatic heterocycles. The molecule has 5 atom stereocenters. The predicted octanol–water partition coefficient (Wildman–Crippen LogP) is 1.94. The van der Waals surface area contributed by atoms with Gasteiger partial charge in [0.05, 0.1) is 12.5 Å². The second kappa shape index (κ2) is 2.91. The summed E-state index contributed by atoms with van der Waals surface area (Å²) < 4.78 is 10.9. The van der Waals surface area contributed by atoms with E-state index in [0.29, 0.717) is 12.5 Å². The van der Waals surface area contributed by atoms with Crippen LogP contribution in [0.4, 0.5) is 0 Å². The Balaban J connectivity index is 1.78. The van der Waals surface area contributed by atoms with Crippen molar-refractivity contribution in [3.05, 3.63) is 35.9 Å². The minimum absolute atomic E-state index is 0.0117. The minimum Gasteiger partial charge on any atom is -0.435 e. The van der Waals surface area contributed by atoms with Gasteiger partial charge in [-0.2, -0.15) is 0 Å². The molecule has 3 fully saturated rings. The summed E-state index contributed by atoms with van der Waals surface area (Å²) in [5.74, 6) is 0.609. The van der Waals surface area contributed by atoms with Crippen LogP contribution in [0.1, 0.15) is 18.4 Å². The third kappa shape index (κ3) is 0.951. The Bertz CT molecular complexity index is 484. The lowest BCUT2D eigenvalue weighted by Crippen LogP contribution is -2.53. The first kappa shape index (κ1) is 9.66. The highest BCUT2D eigenvalue weighted by molar-refractivity contribution is 5.80. The van der Waals surface area contributed by atoms with Gasteiger partial charge in [0.25, 0.3) is 0 Å². The zero-order valence-corrected chi connectivity index (χ0v) is 9.63. The fourth-order valence-corrected chi connectivity index (χ4v) is 3.93. The Labute approximate surface area is 99.7 Å².